The summed E-state index contributed by atoms with van der Waals surface area (Å²) in [5.74, 6) is 0.828. The van der Waals surface area contributed by atoms with Crippen molar-refractivity contribution in [3.05, 3.63) is 35.9 Å². The van der Waals surface area contributed by atoms with Gasteiger partial charge < -0.3 is 16.0 Å². The Hall–Kier alpha value is -1.31. The highest BCUT2D eigenvalue weighted by atomic mass is 127. The molecule has 26 heavy (non-hydrogen) atoms. The molecule has 3 N–H and O–H groups in total. The van der Waals surface area contributed by atoms with E-state index < -0.39 is 0 Å². The molecule has 1 aliphatic rings. The van der Waals surface area contributed by atoms with Crippen LogP contribution in [0.3, 0.4) is 0 Å². The predicted octanol–water partition coefficient (Wildman–Crippen LogP) is 3.20. The maximum atomic E-state index is 11.7. The first-order valence-electron chi connectivity index (χ1n) is 9.35. The van der Waals surface area contributed by atoms with Crippen molar-refractivity contribution in [3.8, 4) is 0 Å². The fraction of sp³-hybridized carbons (Fsp3) is 0.600. The Morgan fingerprint density at radius 2 is 1.81 bits per heavy atom. The zero-order valence-corrected chi connectivity index (χ0v) is 18.5. The van der Waals surface area contributed by atoms with Crippen LogP contribution in [0.5, 0.6) is 0 Å². The molecule has 1 fully saturated rings. The van der Waals surface area contributed by atoms with E-state index in [1.54, 1.807) is 7.05 Å². The SMILES string of the molecule is CN=C(NCCC(=O)NC(C)C)NCC1(c2ccccc2)CCCC1.I. The number of carbonyl (C=O) groups is 1. The first-order valence-corrected chi connectivity index (χ1v) is 9.35. The Balaban J connectivity index is 0.00000338. The molecular weight excluding hydrogens is 439 g/mol. The number of rotatable bonds is 7. The van der Waals surface area contributed by atoms with Crippen molar-refractivity contribution in [3.63, 3.8) is 0 Å². The number of hydrogen-bond donors (Lipinski definition) is 3. The van der Waals surface area contributed by atoms with Gasteiger partial charge in [0.15, 0.2) is 5.96 Å². The van der Waals surface area contributed by atoms with Gasteiger partial charge in [-0.25, -0.2) is 0 Å². The molecule has 0 aliphatic heterocycles. The van der Waals surface area contributed by atoms with Crippen molar-refractivity contribution < 1.29 is 4.79 Å². The summed E-state index contributed by atoms with van der Waals surface area (Å²) in [6, 6.07) is 11.0. The summed E-state index contributed by atoms with van der Waals surface area (Å²) in [6.45, 7) is 5.39. The average Bonchev–Trinajstić information content (AvgIpc) is 3.08. The first-order chi connectivity index (χ1) is 12.1. The van der Waals surface area contributed by atoms with Crippen LogP contribution in [0.25, 0.3) is 0 Å². The van der Waals surface area contributed by atoms with E-state index in [2.05, 4.69) is 51.3 Å². The van der Waals surface area contributed by atoms with Gasteiger partial charge in [-0.05, 0) is 32.3 Å². The van der Waals surface area contributed by atoms with E-state index in [-0.39, 0.29) is 41.3 Å². The number of amides is 1. The van der Waals surface area contributed by atoms with Crippen LogP contribution in [0.2, 0.25) is 0 Å². The number of aliphatic imine (C=N–C) groups is 1. The quantitative estimate of drug-likeness (QED) is 0.325. The monoisotopic (exact) mass is 472 g/mol. The molecule has 0 aromatic heterocycles. The average molecular weight is 472 g/mol. The van der Waals surface area contributed by atoms with Crippen molar-refractivity contribution in [2.45, 2.75) is 57.4 Å². The maximum absolute atomic E-state index is 11.7. The molecule has 0 saturated heterocycles. The molecule has 5 nitrogen and oxygen atoms in total. The van der Waals surface area contributed by atoms with E-state index in [0.29, 0.717) is 13.0 Å². The van der Waals surface area contributed by atoms with Gasteiger partial charge in [-0.2, -0.15) is 0 Å². The van der Waals surface area contributed by atoms with Crippen molar-refractivity contribution in [1.82, 2.24) is 16.0 Å². The minimum atomic E-state index is 0. The molecule has 146 valence electrons. The summed E-state index contributed by atoms with van der Waals surface area (Å²) in [4.78, 5) is 16.0. The predicted molar refractivity (Wildman–Crippen MR) is 119 cm³/mol. The third kappa shape index (κ3) is 6.78. The number of nitrogens with zero attached hydrogens (tertiary/aromatic N) is 1. The minimum absolute atomic E-state index is 0. The van der Waals surface area contributed by atoms with Crippen LogP contribution >= 0.6 is 24.0 Å². The topological polar surface area (TPSA) is 65.5 Å². The Bertz CT molecular complexity index is 568. The molecule has 2 rings (SSSR count). The van der Waals surface area contributed by atoms with Crippen LogP contribution in [0, 0.1) is 0 Å². The van der Waals surface area contributed by atoms with Crippen molar-refractivity contribution in [1.29, 1.82) is 0 Å². The molecule has 0 heterocycles. The van der Waals surface area contributed by atoms with Gasteiger partial charge in [-0.1, -0.05) is 43.2 Å². The summed E-state index contributed by atoms with van der Waals surface area (Å²) in [5.41, 5.74) is 1.60. The van der Waals surface area contributed by atoms with Gasteiger partial charge in [0, 0.05) is 38.0 Å². The van der Waals surface area contributed by atoms with Crippen LogP contribution in [-0.2, 0) is 10.2 Å². The molecule has 0 spiro atoms. The van der Waals surface area contributed by atoms with Gasteiger partial charge in [0.05, 0.1) is 0 Å². The lowest BCUT2D eigenvalue weighted by atomic mass is 9.79. The summed E-state index contributed by atoms with van der Waals surface area (Å²) < 4.78 is 0. The normalized spacial score (nSPS) is 16.1. The Morgan fingerprint density at radius 3 is 2.38 bits per heavy atom. The van der Waals surface area contributed by atoms with E-state index >= 15 is 0 Å². The lowest BCUT2D eigenvalue weighted by Gasteiger charge is -2.30. The molecule has 0 unspecified atom stereocenters. The van der Waals surface area contributed by atoms with Gasteiger partial charge in [0.2, 0.25) is 5.91 Å². The smallest absolute Gasteiger partial charge is 0.221 e. The van der Waals surface area contributed by atoms with Gasteiger partial charge in [0.1, 0.15) is 0 Å². The summed E-state index contributed by atoms with van der Waals surface area (Å²) >= 11 is 0. The lowest BCUT2D eigenvalue weighted by molar-refractivity contribution is -0.121. The highest BCUT2D eigenvalue weighted by Gasteiger charge is 2.35. The second-order valence-electron chi connectivity index (χ2n) is 7.18. The summed E-state index contributed by atoms with van der Waals surface area (Å²) in [7, 11) is 1.77. The van der Waals surface area contributed by atoms with Crippen molar-refractivity contribution in [2.24, 2.45) is 4.99 Å². The fourth-order valence-electron chi connectivity index (χ4n) is 3.57. The van der Waals surface area contributed by atoms with Crippen LogP contribution < -0.4 is 16.0 Å². The molecule has 1 aliphatic carbocycles. The zero-order valence-electron chi connectivity index (χ0n) is 16.2. The van der Waals surface area contributed by atoms with Crippen LogP contribution in [-0.4, -0.2) is 38.0 Å². The van der Waals surface area contributed by atoms with E-state index in [1.807, 2.05) is 13.8 Å². The fourth-order valence-corrected chi connectivity index (χ4v) is 3.57. The summed E-state index contributed by atoms with van der Waals surface area (Å²) in [5, 5.41) is 9.62. The standard InChI is InChI=1S/C20H32N4O.HI/c1-16(2)24-18(25)11-14-22-19(21-3)23-15-20(12-7-8-13-20)17-9-5-4-6-10-17;/h4-6,9-10,16H,7-8,11-15H2,1-3H3,(H,24,25)(H2,21,22,23);1H. The van der Waals surface area contributed by atoms with Gasteiger partial charge in [-0.3, -0.25) is 9.79 Å². The largest absolute Gasteiger partial charge is 0.356 e. The van der Waals surface area contributed by atoms with Crippen molar-refractivity contribution in [2.75, 3.05) is 20.1 Å². The Kier molecular flexibility index (Phi) is 9.98. The molecule has 6 heteroatoms. The van der Waals surface area contributed by atoms with E-state index in [0.717, 1.165) is 12.5 Å². The molecule has 1 amide bonds. The Morgan fingerprint density at radius 1 is 1.15 bits per heavy atom. The molecule has 1 aromatic carbocycles. The Labute approximate surface area is 174 Å². The van der Waals surface area contributed by atoms with E-state index in [9.17, 15) is 4.79 Å². The van der Waals surface area contributed by atoms with Crippen molar-refractivity contribution >= 4 is 35.8 Å². The minimum Gasteiger partial charge on any atom is -0.356 e. The van der Waals surface area contributed by atoms with Gasteiger partial charge in [-0.15, -0.1) is 24.0 Å². The lowest BCUT2D eigenvalue weighted by Crippen LogP contribution is -2.45. The number of carbonyl (C=O) groups excluding carboxylic acids is 1. The highest BCUT2D eigenvalue weighted by molar-refractivity contribution is 14.0. The second kappa shape index (κ2) is 11.4. The second-order valence-corrected chi connectivity index (χ2v) is 7.18. The number of benzene rings is 1. The molecule has 1 aromatic rings. The number of halogens is 1. The highest BCUT2D eigenvalue weighted by Crippen LogP contribution is 2.40. The van der Waals surface area contributed by atoms with E-state index in [1.165, 1.54) is 31.2 Å². The molecule has 0 bridgehead atoms. The molecule has 0 radical (unpaired) electrons. The van der Waals surface area contributed by atoms with E-state index in [4.69, 9.17) is 0 Å². The van der Waals surface area contributed by atoms with Gasteiger partial charge in [0.25, 0.3) is 0 Å². The first kappa shape index (κ1) is 22.7. The molecule has 0 atom stereocenters. The summed E-state index contributed by atoms with van der Waals surface area (Å²) in [6.07, 6.45) is 5.41. The number of hydrogen-bond acceptors (Lipinski definition) is 2. The third-order valence-electron chi connectivity index (χ3n) is 4.86. The zero-order chi connectivity index (χ0) is 18.1. The maximum Gasteiger partial charge on any atom is 0.221 e. The number of nitrogens with one attached hydrogen (secondary N) is 3. The number of guanidine groups is 1. The van der Waals surface area contributed by atoms with Gasteiger partial charge >= 0.3 is 0 Å². The molecule has 1 saturated carbocycles. The molecular formula is C20H33IN4O. The van der Waals surface area contributed by atoms with Crippen LogP contribution in [0.15, 0.2) is 35.3 Å². The van der Waals surface area contributed by atoms with Crippen LogP contribution in [0.1, 0.15) is 51.5 Å². The van der Waals surface area contributed by atoms with Crippen LogP contribution in [0.4, 0.5) is 0 Å². The third-order valence-corrected chi connectivity index (χ3v) is 4.86.